The van der Waals surface area contributed by atoms with Gasteiger partial charge in [0.1, 0.15) is 11.5 Å². The molecule has 27 heavy (non-hydrogen) atoms. The van der Waals surface area contributed by atoms with Crippen LogP contribution in [0.4, 0.5) is 0 Å². The summed E-state index contributed by atoms with van der Waals surface area (Å²) in [5.41, 5.74) is 0. The largest absolute Gasteiger partial charge is 2.00 e. The normalized spacial score (nSPS) is 11.9. The van der Waals surface area contributed by atoms with Crippen LogP contribution in [0, 0.1) is 12.2 Å². The van der Waals surface area contributed by atoms with Crippen molar-refractivity contribution < 1.29 is 36.4 Å². The molecule has 4 rings (SSSR count). The Balaban J connectivity index is 0.000000337. The minimum absolute atomic E-state index is 0. The summed E-state index contributed by atoms with van der Waals surface area (Å²) in [5, 5.41) is 18.4. The maximum atomic E-state index is 8.79. The van der Waals surface area contributed by atoms with Crippen LogP contribution >= 0.6 is 23.2 Å². The second kappa shape index (κ2) is 16.6. The first-order valence-corrected chi connectivity index (χ1v) is 8.67. The van der Waals surface area contributed by atoms with Gasteiger partial charge in [0.15, 0.2) is 0 Å². The van der Waals surface area contributed by atoms with Gasteiger partial charge in [-0.3, -0.25) is 12.2 Å². The fourth-order valence-corrected chi connectivity index (χ4v) is 1.86. The van der Waals surface area contributed by atoms with Crippen LogP contribution < -0.4 is 0 Å². The van der Waals surface area contributed by atoms with Crippen LogP contribution in [0.3, 0.4) is 0 Å². The van der Waals surface area contributed by atoms with Crippen molar-refractivity contribution in [3.8, 4) is 11.5 Å². The van der Waals surface area contributed by atoms with Crippen molar-refractivity contribution in [3.05, 3.63) is 107 Å². The first-order valence-electron chi connectivity index (χ1n) is 7.91. The van der Waals surface area contributed by atoms with Crippen LogP contribution in [-0.4, -0.2) is 10.2 Å². The molecule has 0 amide bonds. The van der Waals surface area contributed by atoms with Crippen molar-refractivity contribution in [3.63, 3.8) is 0 Å². The summed E-state index contributed by atoms with van der Waals surface area (Å²) in [5.74, 6) is 0.267. The second-order valence-electron chi connectivity index (χ2n) is 4.91. The molecule has 2 N–H and O–H groups in total. The van der Waals surface area contributed by atoms with Gasteiger partial charge in [0, 0.05) is 0 Å². The third-order valence-corrected chi connectivity index (χ3v) is 3.52. The molecule has 0 fully saturated rings. The molecule has 0 radical (unpaired) electrons. The van der Waals surface area contributed by atoms with Crippen LogP contribution in [0.2, 0.25) is 10.0 Å². The summed E-state index contributed by atoms with van der Waals surface area (Å²) < 4.78 is 0. The van der Waals surface area contributed by atoms with Crippen molar-refractivity contribution >= 4 is 23.2 Å². The molecule has 0 saturated carbocycles. The van der Waals surface area contributed by atoms with E-state index >= 15 is 0 Å². The summed E-state index contributed by atoms with van der Waals surface area (Å²) in [7, 11) is 0. The molecule has 0 bridgehead atoms. The SMILES string of the molecule is Oc1ccccc1Cl.Oc1ccccc1Cl.[C-]1=CC=CC1.[C-]1=CC=CC1.[Zr+2]. The smallest absolute Gasteiger partial charge is 0.506 e. The number of aromatic hydroxyl groups is 2. The van der Waals surface area contributed by atoms with E-state index in [-0.39, 0.29) is 37.7 Å². The number of allylic oxidation sites excluding steroid dienone is 8. The zero-order chi connectivity index (χ0) is 19.0. The molecule has 0 aromatic heterocycles. The van der Waals surface area contributed by atoms with Gasteiger partial charge in [-0.05, 0) is 24.3 Å². The van der Waals surface area contributed by atoms with Gasteiger partial charge in [-0.25, -0.2) is 24.3 Å². The fraction of sp³-hybridized carbons (Fsp3) is 0.0909. The van der Waals surface area contributed by atoms with Gasteiger partial charge < -0.3 is 10.2 Å². The Morgan fingerprint density at radius 3 is 1.19 bits per heavy atom. The number of phenols is 2. The third kappa shape index (κ3) is 13.3. The summed E-state index contributed by atoms with van der Waals surface area (Å²) >= 11 is 10.9. The Morgan fingerprint density at radius 1 is 0.667 bits per heavy atom. The van der Waals surface area contributed by atoms with Crippen molar-refractivity contribution in [1.82, 2.24) is 0 Å². The van der Waals surface area contributed by atoms with Crippen LogP contribution in [0.5, 0.6) is 11.5 Å². The molecule has 0 unspecified atom stereocenters. The van der Waals surface area contributed by atoms with E-state index in [9.17, 15) is 0 Å². The minimum atomic E-state index is 0. The Morgan fingerprint density at radius 2 is 1.04 bits per heavy atom. The molecule has 0 saturated heterocycles. The van der Waals surface area contributed by atoms with Gasteiger partial charge in [-0.15, -0.1) is 12.8 Å². The number of hydrogen-bond acceptors (Lipinski definition) is 2. The van der Waals surface area contributed by atoms with Gasteiger partial charge in [0.05, 0.1) is 10.0 Å². The molecule has 2 aliphatic carbocycles. The average molecular weight is 479 g/mol. The first-order chi connectivity index (χ1) is 12.6. The fourth-order valence-electron chi connectivity index (χ4n) is 1.58. The Hall–Kier alpha value is -1.54. The average Bonchev–Trinajstić information content (AvgIpc) is 3.39. The van der Waals surface area contributed by atoms with Crippen LogP contribution in [-0.2, 0) is 26.2 Å². The topological polar surface area (TPSA) is 40.5 Å². The van der Waals surface area contributed by atoms with E-state index in [1.165, 1.54) is 0 Å². The summed E-state index contributed by atoms with van der Waals surface area (Å²) in [4.78, 5) is 0. The second-order valence-corrected chi connectivity index (χ2v) is 5.72. The quantitative estimate of drug-likeness (QED) is 0.414. The Labute approximate surface area is 190 Å². The van der Waals surface area contributed by atoms with Crippen LogP contribution in [0.25, 0.3) is 0 Å². The van der Waals surface area contributed by atoms with E-state index in [4.69, 9.17) is 33.4 Å². The zero-order valence-corrected chi connectivity index (χ0v) is 18.6. The molecule has 2 aromatic rings. The Bertz CT molecular complexity index is 641. The maximum Gasteiger partial charge on any atom is 2.00 e. The number of benzene rings is 2. The van der Waals surface area contributed by atoms with E-state index in [1.807, 2.05) is 24.3 Å². The van der Waals surface area contributed by atoms with Gasteiger partial charge in [-0.2, -0.15) is 12.2 Å². The van der Waals surface area contributed by atoms with Crippen molar-refractivity contribution in [1.29, 1.82) is 0 Å². The first kappa shape index (κ1) is 25.5. The van der Waals surface area contributed by atoms with E-state index in [0.717, 1.165) is 12.8 Å². The number of para-hydroxylation sites is 2. The predicted molar refractivity (Wildman–Crippen MR) is 109 cm³/mol. The number of hydrogen-bond donors (Lipinski definition) is 2. The number of phenolic OH excluding ortho intramolecular Hbond substituents is 2. The van der Waals surface area contributed by atoms with Crippen molar-refractivity contribution in [2.24, 2.45) is 0 Å². The third-order valence-electron chi connectivity index (χ3n) is 2.88. The van der Waals surface area contributed by atoms with E-state index in [2.05, 4.69) is 24.3 Å². The molecule has 0 aliphatic heterocycles. The molecule has 0 spiro atoms. The number of halogens is 2. The standard InChI is InChI=1S/2C6H5ClO.2C5H5.Zr/c2*7-5-3-1-2-4-6(5)8;2*1-2-4-5-3-1;/h2*1-4,8H;2*1-3H,4H2;/q;;2*-1;+2. The van der Waals surface area contributed by atoms with Crippen LogP contribution in [0.15, 0.2) is 85.0 Å². The molecule has 0 atom stereocenters. The van der Waals surface area contributed by atoms with Crippen molar-refractivity contribution in [2.45, 2.75) is 12.8 Å². The molecule has 2 nitrogen and oxygen atoms in total. The van der Waals surface area contributed by atoms with Crippen molar-refractivity contribution in [2.75, 3.05) is 0 Å². The van der Waals surface area contributed by atoms with E-state index in [0.29, 0.717) is 10.0 Å². The zero-order valence-electron chi connectivity index (χ0n) is 14.6. The van der Waals surface area contributed by atoms with Crippen LogP contribution in [0.1, 0.15) is 12.8 Å². The molecule has 138 valence electrons. The van der Waals surface area contributed by atoms with Gasteiger partial charge in [0.25, 0.3) is 0 Å². The van der Waals surface area contributed by atoms with Gasteiger partial charge in [0.2, 0.25) is 0 Å². The monoisotopic (exact) mass is 476 g/mol. The molecule has 0 heterocycles. The van der Waals surface area contributed by atoms with Gasteiger partial charge in [-0.1, -0.05) is 47.5 Å². The maximum absolute atomic E-state index is 8.79. The molecule has 2 aliphatic rings. The van der Waals surface area contributed by atoms with Gasteiger partial charge >= 0.3 is 26.2 Å². The summed E-state index contributed by atoms with van der Waals surface area (Å²) in [6.07, 6.45) is 20.0. The molecular formula is C22H20Cl2O2Zr. The summed E-state index contributed by atoms with van der Waals surface area (Å²) in [6.45, 7) is 0. The number of rotatable bonds is 0. The minimum Gasteiger partial charge on any atom is -0.506 e. The molecule has 2 aromatic carbocycles. The summed E-state index contributed by atoms with van der Waals surface area (Å²) in [6, 6.07) is 13.3. The molecular weight excluding hydrogens is 458 g/mol. The predicted octanol–water partition coefficient (Wildman–Crippen LogP) is 6.70. The van der Waals surface area contributed by atoms with E-state index < -0.39 is 0 Å². The Kier molecular flexibility index (Phi) is 15.7. The van der Waals surface area contributed by atoms with E-state index in [1.54, 1.807) is 48.5 Å². The molecule has 5 heteroatoms.